The summed E-state index contributed by atoms with van der Waals surface area (Å²) in [4.78, 5) is 27.4. The molecule has 0 radical (unpaired) electrons. The van der Waals surface area contributed by atoms with E-state index in [9.17, 15) is 9.59 Å². The van der Waals surface area contributed by atoms with Crippen molar-refractivity contribution < 1.29 is 19.4 Å². The molecule has 0 aromatic heterocycles. The fourth-order valence-electron chi connectivity index (χ4n) is 3.42. The van der Waals surface area contributed by atoms with Gasteiger partial charge in [-0.3, -0.25) is 4.79 Å². The number of methoxy groups -OCH3 is 1. The van der Waals surface area contributed by atoms with Crippen LogP contribution in [0.2, 0.25) is 5.02 Å². The van der Waals surface area contributed by atoms with Gasteiger partial charge < -0.3 is 25.0 Å². The molecule has 144 valence electrons. The van der Waals surface area contributed by atoms with Gasteiger partial charge in [0.2, 0.25) is 0 Å². The molecule has 2 amide bonds. The molecular formula is C18H26ClN3O4. The molecule has 0 aliphatic carbocycles. The number of amides is 2. The van der Waals surface area contributed by atoms with Crippen LogP contribution in [0.15, 0.2) is 18.2 Å². The lowest BCUT2D eigenvalue weighted by Crippen LogP contribution is -2.51. The molecule has 1 aromatic rings. The summed E-state index contributed by atoms with van der Waals surface area (Å²) in [6, 6.07) is 5.15. The van der Waals surface area contributed by atoms with E-state index in [1.54, 1.807) is 23.1 Å². The Bertz CT molecular complexity index is 653. The first-order valence-corrected chi connectivity index (χ1v) is 8.97. The molecule has 8 heteroatoms. The van der Waals surface area contributed by atoms with Crippen LogP contribution < -0.4 is 10.1 Å². The third-order valence-corrected chi connectivity index (χ3v) is 5.07. The maximum atomic E-state index is 12.6. The number of benzene rings is 1. The predicted molar refractivity (Wildman–Crippen MR) is 101 cm³/mol. The average Bonchev–Trinajstić information content (AvgIpc) is 2.59. The Morgan fingerprint density at radius 3 is 2.73 bits per heavy atom. The number of nitrogens with zero attached hydrogens (tertiary/aromatic N) is 2. The quantitative estimate of drug-likeness (QED) is 0.789. The molecule has 2 N–H and O–H groups in total. The van der Waals surface area contributed by atoms with Crippen molar-refractivity contribution >= 4 is 29.3 Å². The number of carbonyl (C=O) groups excluding carboxylic acids is 1. The number of likely N-dealkylation sites (tertiary alicyclic amines) is 1. The van der Waals surface area contributed by atoms with Gasteiger partial charge in [-0.25, -0.2) is 4.79 Å². The number of urea groups is 1. The average molecular weight is 384 g/mol. The highest BCUT2D eigenvalue weighted by atomic mass is 35.5. The van der Waals surface area contributed by atoms with Gasteiger partial charge in [-0.15, -0.1) is 0 Å². The summed E-state index contributed by atoms with van der Waals surface area (Å²) in [7, 11) is 5.52. The zero-order valence-corrected chi connectivity index (χ0v) is 16.1. The molecule has 0 bridgehead atoms. The fourth-order valence-corrected chi connectivity index (χ4v) is 3.68. The smallest absolute Gasteiger partial charge is 0.321 e. The Hall–Kier alpha value is -1.99. The van der Waals surface area contributed by atoms with Gasteiger partial charge in [0.1, 0.15) is 5.75 Å². The Labute approximate surface area is 158 Å². The van der Waals surface area contributed by atoms with Crippen LogP contribution in [-0.2, 0) is 4.79 Å². The first kappa shape index (κ1) is 20.3. The number of halogens is 1. The van der Waals surface area contributed by atoms with E-state index < -0.39 is 5.97 Å². The number of ether oxygens (including phenoxy) is 1. The first-order valence-electron chi connectivity index (χ1n) is 8.59. The van der Waals surface area contributed by atoms with Gasteiger partial charge in [0, 0.05) is 31.2 Å². The Morgan fingerprint density at radius 1 is 1.42 bits per heavy atom. The van der Waals surface area contributed by atoms with Crippen LogP contribution in [-0.4, -0.2) is 67.2 Å². The molecule has 1 fully saturated rings. The van der Waals surface area contributed by atoms with Gasteiger partial charge in [0.05, 0.1) is 12.1 Å². The molecule has 26 heavy (non-hydrogen) atoms. The van der Waals surface area contributed by atoms with Crippen molar-refractivity contribution in [3.8, 4) is 5.75 Å². The summed E-state index contributed by atoms with van der Waals surface area (Å²) < 4.78 is 5.11. The number of rotatable bonds is 6. The third-order valence-electron chi connectivity index (χ3n) is 4.78. The topological polar surface area (TPSA) is 82.1 Å². The van der Waals surface area contributed by atoms with Crippen molar-refractivity contribution in [3.05, 3.63) is 23.2 Å². The molecule has 1 aliphatic heterocycles. The molecule has 2 atom stereocenters. The Kier molecular flexibility index (Phi) is 7.11. The Morgan fingerprint density at radius 2 is 2.15 bits per heavy atom. The summed E-state index contributed by atoms with van der Waals surface area (Å²) in [5.74, 6) is -0.137. The molecule has 0 unspecified atom stereocenters. The molecule has 1 saturated heterocycles. The maximum absolute atomic E-state index is 12.6. The lowest BCUT2D eigenvalue weighted by Gasteiger charge is -2.41. The SMILES string of the molecule is COc1ccc(NC(=O)N2CC[C@H](N(C)C)[C@H](CCC(=O)O)C2)cc1Cl. The fraction of sp³-hybridized carbons (Fsp3) is 0.556. The van der Waals surface area contributed by atoms with Crippen LogP contribution in [0.4, 0.5) is 10.5 Å². The largest absolute Gasteiger partial charge is 0.495 e. The summed E-state index contributed by atoms with van der Waals surface area (Å²) >= 11 is 6.10. The first-order chi connectivity index (χ1) is 12.3. The second-order valence-corrected chi connectivity index (χ2v) is 7.14. The standard InChI is InChI=1S/C18H26ClN3O4/c1-21(2)15-8-9-22(11-12(15)4-7-17(23)24)18(25)20-13-5-6-16(26-3)14(19)10-13/h5-6,10,12,15H,4,7-9,11H2,1-3H3,(H,20,25)(H,23,24)/t12-,15+/m1/s1. The molecule has 1 aromatic carbocycles. The van der Waals surface area contributed by atoms with E-state index in [1.807, 2.05) is 14.1 Å². The van der Waals surface area contributed by atoms with Crippen molar-refractivity contribution in [1.82, 2.24) is 9.80 Å². The molecule has 7 nitrogen and oxygen atoms in total. The summed E-state index contributed by atoms with van der Waals surface area (Å²) in [6.07, 6.45) is 1.48. The van der Waals surface area contributed by atoms with Crippen LogP contribution in [0.3, 0.4) is 0 Å². The van der Waals surface area contributed by atoms with Gasteiger partial charge in [0.25, 0.3) is 0 Å². The normalized spacial score (nSPS) is 20.1. The molecular weight excluding hydrogens is 358 g/mol. The molecule has 0 saturated carbocycles. The van der Waals surface area contributed by atoms with E-state index in [4.69, 9.17) is 21.4 Å². The number of piperidine rings is 1. The summed E-state index contributed by atoms with van der Waals surface area (Å²) in [5, 5.41) is 12.3. The van der Waals surface area contributed by atoms with Gasteiger partial charge in [-0.05, 0) is 51.1 Å². The lowest BCUT2D eigenvalue weighted by atomic mass is 9.87. The van der Waals surface area contributed by atoms with E-state index in [2.05, 4.69) is 10.2 Å². The van der Waals surface area contributed by atoms with Crippen LogP contribution in [0.1, 0.15) is 19.3 Å². The van der Waals surface area contributed by atoms with Crippen molar-refractivity contribution in [2.45, 2.75) is 25.3 Å². The highest BCUT2D eigenvalue weighted by Gasteiger charge is 2.32. The van der Waals surface area contributed by atoms with Gasteiger partial charge in [0.15, 0.2) is 0 Å². The number of nitrogens with one attached hydrogen (secondary N) is 1. The zero-order chi connectivity index (χ0) is 19.3. The Balaban J connectivity index is 2.02. The van der Waals surface area contributed by atoms with E-state index in [0.29, 0.717) is 36.0 Å². The maximum Gasteiger partial charge on any atom is 0.321 e. The number of hydrogen-bond donors (Lipinski definition) is 2. The van der Waals surface area contributed by atoms with E-state index >= 15 is 0 Å². The van der Waals surface area contributed by atoms with Crippen LogP contribution >= 0.6 is 11.6 Å². The molecule has 2 rings (SSSR count). The number of aliphatic carboxylic acids is 1. The molecule has 0 spiro atoms. The minimum Gasteiger partial charge on any atom is -0.495 e. The second kappa shape index (κ2) is 9.09. The van der Waals surface area contributed by atoms with E-state index in [1.165, 1.54) is 7.11 Å². The van der Waals surface area contributed by atoms with Gasteiger partial charge in [-0.1, -0.05) is 11.6 Å². The minimum absolute atomic E-state index is 0.110. The second-order valence-electron chi connectivity index (χ2n) is 6.74. The predicted octanol–water partition coefficient (Wildman–Crippen LogP) is 3.00. The van der Waals surface area contributed by atoms with Crippen molar-refractivity contribution in [1.29, 1.82) is 0 Å². The summed E-state index contributed by atoms with van der Waals surface area (Å²) in [6.45, 7) is 1.16. The van der Waals surface area contributed by atoms with E-state index in [-0.39, 0.29) is 24.4 Å². The lowest BCUT2D eigenvalue weighted by molar-refractivity contribution is -0.137. The van der Waals surface area contributed by atoms with Crippen molar-refractivity contribution in [3.63, 3.8) is 0 Å². The number of carboxylic acid groups (broad SMARTS) is 1. The number of carboxylic acids is 1. The monoisotopic (exact) mass is 383 g/mol. The molecule has 1 heterocycles. The zero-order valence-electron chi connectivity index (χ0n) is 15.4. The highest BCUT2D eigenvalue weighted by Crippen LogP contribution is 2.28. The summed E-state index contributed by atoms with van der Waals surface area (Å²) in [5.41, 5.74) is 0.595. The number of hydrogen-bond acceptors (Lipinski definition) is 4. The highest BCUT2D eigenvalue weighted by molar-refractivity contribution is 6.32. The van der Waals surface area contributed by atoms with Gasteiger partial charge >= 0.3 is 12.0 Å². The number of anilines is 1. The van der Waals surface area contributed by atoms with Crippen LogP contribution in [0.25, 0.3) is 0 Å². The number of carbonyl (C=O) groups is 2. The van der Waals surface area contributed by atoms with Gasteiger partial charge in [-0.2, -0.15) is 0 Å². The van der Waals surface area contributed by atoms with Crippen molar-refractivity contribution in [2.24, 2.45) is 5.92 Å². The minimum atomic E-state index is -0.808. The van der Waals surface area contributed by atoms with E-state index in [0.717, 1.165) is 6.42 Å². The third kappa shape index (κ3) is 5.25. The van der Waals surface area contributed by atoms with Crippen LogP contribution in [0.5, 0.6) is 5.75 Å². The van der Waals surface area contributed by atoms with Crippen molar-refractivity contribution in [2.75, 3.05) is 39.6 Å². The molecule has 1 aliphatic rings. The van der Waals surface area contributed by atoms with Crippen LogP contribution in [0, 0.1) is 5.92 Å².